The van der Waals surface area contributed by atoms with Gasteiger partial charge >= 0.3 is 6.03 Å². The third-order valence-corrected chi connectivity index (χ3v) is 4.60. The van der Waals surface area contributed by atoms with Crippen molar-refractivity contribution in [3.63, 3.8) is 0 Å². The van der Waals surface area contributed by atoms with Crippen molar-refractivity contribution in [3.8, 4) is 0 Å². The fraction of sp³-hybridized carbons (Fsp3) is 0.692. The van der Waals surface area contributed by atoms with Crippen molar-refractivity contribution in [2.24, 2.45) is 0 Å². The second-order valence-electron chi connectivity index (χ2n) is 6.14. The molecular formula is C13H21N5O2S2. The highest BCUT2D eigenvalue weighted by Gasteiger charge is 2.22. The van der Waals surface area contributed by atoms with Crippen molar-refractivity contribution in [2.45, 2.75) is 56.0 Å². The molecule has 1 aliphatic carbocycles. The summed E-state index contributed by atoms with van der Waals surface area (Å²) in [5.74, 6) is 0.266. The van der Waals surface area contributed by atoms with E-state index < -0.39 is 6.03 Å². The maximum absolute atomic E-state index is 11.7. The summed E-state index contributed by atoms with van der Waals surface area (Å²) >= 11 is 2.96. The van der Waals surface area contributed by atoms with Crippen LogP contribution in [0.1, 0.15) is 40.0 Å². The summed E-state index contributed by atoms with van der Waals surface area (Å²) in [6.07, 6.45) is 2.64. The maximum Gasteiger partial charge on any atom is 0.321 e. The first-order chi connectivity index (χ1) is 10.3. The zero-order valence-corrected chi connectivity index (χ0v) is 14.6. The van der Waals surface area contributed by atoms with Crippen molar-refractivity contribution >= 4 is 40.2 Å². The first-order valence-corrected chi connectivity index (χ1v) is 8.97. The van der Waals surface area contributed by atoms with E-state index in [0.717, 1.165) is 9.47 Å². The minimum Gasteiger partial charge on any atom is -0.357 e. The number of aromatic nitrogens is 2. The zero-order valence-electron chi connectivity index (χ0n) is 12.9. The fourth-order valence-electron chi connectivity index (χ4n) is 1.52. The van der Waals surface area contributed by atoms with E-state index >= 15 is 0 Å². The molecule has 3 N–H and O–H groups in total. The SMILES string of the molecule is CC(C)(C)NC(=O)NC(=O)CCSc1nnc(NC2CC2)s1. The molecule has 1 heterocycles. The van der Waals surface area contributed by atoms with E-state index in [1.807, 2.05) is 20.8 Å². The number of carbonyl (C=O) groups excluding carboxylic acids is 2. The molecule has 1 fully saturated rings. The van der Waals surface area contributed by atoms with Crippen molar-refractivity contribution < 1.29 is 9.59 Å². The molecule has 0 atom stereocenters. The van der Waals surface area contributed by atoms with Crippen molar-refractivity contribution in [2.75, 3.05) is 11.1 Å². The van der Waals surface area contributed by atoms with Crippen LogP contribution >= 0.6 is 23.1 Å². The Labute approximate surface area is 138 Å². The highest BCUT2D eigenvalue weighted by molar-refractivity contribution is 8.01. The summed E-state index contributed by atoms with van der Waals surface area (Å²) in [4.78, 5) is 23.2. The highest BCUT2D eigenvalue weighted by atomic mass is 32.2. The number of rotatable bonds is 6. The smallest absolute Gasteiger partial charge is 0.321 e. The largest absolute Gasteiger partial charge is 0.357 e. The molecule has 0 spiro atoms. The Morgan fingerprint density at radius 2 is 2.05 bits per heavy atom. The quantitative estimate of drug-likeness (QED) is 0.686. The molecule has 122 valence electrons. The van der Waals surface area contributed by atoms with Crippen molar-refractivity contribution in [1.82, 2.24) is 20.8 Å². The van der Waals surface area contributed by atoms with Crippen LogP contribution in [0.4, 0.5) is 9.93 Å². The van der Waals surface area contributed by atoms with Gasteiger partial charge in [-0.1, -0.05) is 23.1 Å². The molecule has 0 bridgehead atoms. The van der Waals surface area contributed by atoms with Crippen LogP contribution < -0.4 is 16.0 Å². The molecule has 1 aromatic rings. The topological polar surface area (TPSA) is 96.0 Å². The van der Waals surface area contributed by atoms with Crippen LogP contribution in [0, 0.1) is 0 Å². The monoisotopic (exact) mass is 343 g/mol. The van der Waals surface area contributed by atoms with E-state index in [1.54, 1.807) is 0 Å². The predicted molar refractivity (Wildman–Crippen MR) is 88.3 cm³/mol. The predicted octanol–water partition coefficient (Wildman–Crippen LogP) is 2.22. The minimum atomic E-state index is -0.464. The van der Waals surface area contributed by atoms with Crippen LogP contribution in [0.2, 0.25) is 0 Å². The van der Waals surface area contributed by atoms with Gasteiger partial charge in [0.25, 0.3) is 0 Å². The number of anilines is 1. The number of imide groups is 1. The summed E-state index contributed by atoms with van der Waals surface area (Å²) in [6, 6.07) is 0.0900. The molecule has 0 aliphatic heterocycles. The molecule has 22 heavy (non-hydrogen) atoms. The van der Waals surface area contributed by atoms with E-state index in [0.29, 0.717) is 11.8 Å². The van der Waals surface area contributed by atoms with Gasteiger partial charge in [0.1, 0.15) is 0 Å². The van der Waals surface area contributed by atoms with Gasteiger partial charge in [-0.2, -0.15) is 0 Å². The molecule has 0 radical (unpaired) electrons. The standard InChI is InChI=1S/C13H21N5O2S2/c1-13(2,3)16-10(20)15-9(19)6-7-21-12-18-17-11(22-12)14-8-4-5-8/h8H,4-7H2,1-3H3,(H,14,17)(H2,15,16,19,20). The summed E-state index contributed by atoms with van der Waals surface area (Å²) in [6.45, 7) is 5.57. The number of nitrogens with zero attached hydrogens (tertiary/aromatic N) is 2. The lowest BCUT2D eigenvalue weighted by Gasteiger charge is -2.20. The van der Waals surface area contributed by atoms with Gasteiger partial charge in [-0.05, 0) is 33.6 Å². The zero-order chi connectivity index (χ0) is 16.2. The number of amides is 3. The van der Waals surface area contributed by atoms with Gasteiger partial charge in [0.15, 0.2) is 4.34 Å². The van der Waals surface area contributed by atoms with Crippen LogP contribution in [0.3, 0.4) is 0 Å². The van der Waals surface area contributed by atoms with Gasteiger partial charge in [0.2, 0.25) is 11.0 Å². The van der Waals surface area contributed by atoms with E-state index in [-0.39, 0.29) is 17.9 Å². The molecule has 3 amide bonds. The van der Waals surface area contributed by atoms with Crippen LogP contribution in [0.15, 0.2) is 4.34 Å². The Hall–Kier alpha value is -1.35. The number of hydrogen-bond donors (Lipinski definition) is 3. The number of thioether (sulfide) groups is 1. The second kappa shape index (κ2) is 7.28. The summed E-state index contributed by atoms with van der Waals surface area (Å²) in [5, 5.41) is 17.2. The van der Waals surface area contributed by atoms with Crippen molar-refractivity contribution in [3.05, 3.63) is 0 Å². The van der Waals surface area contributed by atoms with Gasteiger partial charge in [0.05, 0.1) is 0 Å². The number of carbonyl (C=O) groups is 2. The molecule has 0 unspecified atom stereocenters. The molecule has 0 saturated heterocycles. The summed E-state index contributed by atoms with van der Waals surface area (Å²) < 4.78 is 0.829. The third kappa shape index (κ3) is 6.61. The Bertz CT molecular complexity index is 537. The van der Waals surface area contributed by atoms with Gasteiger partial charge in [0, 0.05) is 23.8 Å². The molecule has 1 aromatic heterocycles. The molecule has 1 aliphatic rings. The number of urea groups is 1. The number of nitrogens with one attached hydrogen (secondary N) is 3. The molecule has 2 rings (SSSR count). The van der Waals surface area contributed by atoms with Gasteiger partial charge in [-0.15, -0.1) is 10.2 Å². The first kappa shape index (κ1) is 17.0. The molecule has 1 saturated carbocycles. The summed E-state index contributed by atoms with van der Waals surface area (Å²) in [7, 11) is 0. The third-order valence-electron chi connectivity index (χ3n) is 2.61. The van der Waals surface area contributed by atoms with Gasteiger partial charge < -0.3 is 10.6 Å². The van der Waals surface area contributed by atoms with E-state index in [1.165, 1.54) is 35.9 Å². The average Bonchev–Trinajstić information content (AvgIpc) is 3.05. The normalized spacial score (nSPS) is 14.5. The molecule has 7 nitrogen and oxygen atoms in total. The number of hydrogen-bond acceptors (Lipinski definition) is 7. The second-order valence-corrected chi connectivity index (χ2v) is 8.46. The molecule has 9 heteroatoms. The molecular weight excluding hydrogens is 322 g/mol. The highest BCUT2D eigenvalue weighted by Crippen LogP contribution is 2.30. The average molecular weight is 343 g/mol. The Kier molecular flexibility index (Phi) is 5.63. The van der Waals surface area contributed by atoms with Crippen LogP contribution in [-0.4, -0.2) is 39.5 Å². The van der Waals surface area contributed by atoms with Crippen LogP contribution in [0.25, 0.3) is 0 Å². The fourth-order valence-corrected chi connectivity index (χ4v) is 3.36. The first-order valence-electron chi connectivity index (χ1n) is 7.17. The van der Waals surface area contributed by atoms with Gasteiger partial charge in [-0.25, -0.2) is 4.79 Å². The Morgan fingerprint density at radius 1 is 1.32 bits per heavy atom. The lowest BCUT2D eigenvalue weighted by atomic mass is 10.1. The van der Waals surface area contributed by atoms with Crippen LogP contribution in [-0.2, 0) is 4.79 Å². The van der Waals surface area contributed by atoms with Gasteiger partial charge in [-0.3, -0.25) is 10.1 Å². The summed E-state index contributed by atoms with van der Waals surface area (Å²) in [5.41, 5.74) is -0.364. The minimum absolute atomic E-state index is 0.257. The lowest BCUT2D eigenvalue weighted by molar-refractivity contribution is -0.119. The van der Waals surface area contributed by atoms with Crippen LogP contribution in [0.5, 0.6) is 0 Å². The Morgan fingerprint density at radius 3 is 2.68 bits per heavy atom. The maximum atomic E-state index is 11.7. The van der Waals surface area contributed by atoms with E-state index in [9.17, 15) is 9.59 Å². The molecule has 0 aromatic carbocycles. The van der Waals surface area contributed by atoms with Crippen molar-refractivity contribution in [1.29, 1.82) is 0 Å². The van der Waals surface area contributed by atoms with E-state index in [2.05, 4.69) is 26.1 Å². The van der Waals surface area contributed by atoms with E-state index in [4.69, 9.17) is 0 Å². The lowest BCUT2D eigenvalue weighted by Crippen LogP contribution is -2.48. The Balaban J connectivity index is 1.63.